The van der Waals surface area contributed by atoms with Gasteiger partial charge in [0.05, 0.1) is 6.61 Å². The third kappa shape index (κ3) is 2.73. The van der Waals surface area contributed by atoms with Gasteiger partial charge in [0.1, 0.15) is 13.2 Å². The third-order valence-corrected chi connectivity index (χ3v) is 4.30. The van der Waals surface area contributed by atoms with Gasteiger partial charge in [0.2, 0.25) is 0 Å². The van der Waals surface area contributed by atoms with E-state index < -0.39 is 0 Å². The van der Waals surface area contributed by atoms with Crippen LogP contribution >= 0.6 is 11.6 Å². The summed E-state index contributed by atoms with van der Waals surface area (Å²) >= 11 is 6.44. The minimum absolute atomic E-state index is 0.179. The lowest BCUT2D eigenvalue weighted by atomic mass is 9.88. The number of nitrogens with one attached hydrogen (secondary N) is 1. The van der Waals surface area contributed by atoms with Crippen LogP contribution in [-0.2, 0) is 4.74 Å². The first kappa shape index (κ1) is 14.0. The molecule has 1 aromatic carbocycles. The van der Waals surface area contributed by atoms with Crippen molar-refractivity contribution >= 4 is 11.6 Å². The number of halogens is 1. The van der Waals surface area contributed by atoms with Gasteiger partial charge >= 0.3 is 0 Å². The molecule has 1 fully saturated rings. The van der Waals surface area contributed by atoms with Crippen LogP contribution < -0.4 is 14.8 Å². The van der Waals surface area contributed by atoms with E-state index in [4.69, 9.17) is 25.8 Å². The van der Waals surface area contributed by atoms with Crippen molar-refractivity contribution in [3.05, 3.63) is 22.7 Å². The van der Waals surface area contributed by atoms with E-state index in [0.29, 0.717) is 19.1 Å². The Bertz CT molecular complexity index is 474. The van der Waals surface area contributed by atoms with Crippen molar-refractivity contribution in [3.63, 3.8) is 0 Å². The molecule has 20 heavy (non-hydrogen) atoms. The van der Waals surface area contributed by atoms with Crippen molar-refractivity contribution in [1.29, 1.82) is 0 Å². The van der Waals surface area contributed by atoms with Crippen LogP contribution in [0.2, 0.25) is 5.02 Å². The van der Waals surface area contributed by atoms with Crippen LogP contribution in [0.3, 0.4) is 0 Å². The van der Waals surface area contributed by atoms with Gasteiger partial charge in [0, 0.05) is 29.7 Å². The highest BCUT2D eigenvalue weighted by molar-refractivity contribution is 6.31. The second-order valence-electron chi connectivity index (χ2n) is 5.26. The zero-order chi connectivity index (χ0) is 13.9. The van der Waals surface area contributed by atoms with E-state index in [-0.39, 0.29) is 6.04 Å². The molecule has 0 aliphatic carbocycles. The second kappa shape index (κ2) is 6.20. The molecule has 2 aliphatic rings. The maximum Gasteiger partial charge on any atom is 0.162 e. The first-order valence-corrected chi connectivity index (χ1v) is 7.51. The molecule has 2 atom stereocenters. The fraction of sp³-hybridized carbons (Fsp3) is 0.600. The van der Waals surface area contributed by atoms with Gasteiger partial charge < -0.3 is 19.5 Å². The van der Waals surface area contributed by atoms with Crippen molar-refractivity contribution in [1.82, 2.24) is 5.32 Å². The van der Waals surface area contributed by atoms with Gasteiger partial charge in [-0.25, -0.2) is 0 Å². The zero-order valence-electron chi connectivity index (χ0n) is 11.7. The van der Waals surface area contributed by atoms with Gasteiger partial charge in [-0.15, -0.1) is 0 Å². The SMILES string of the molecule is CNC(c1cc2c(cc1Cl)OCCO2)C1CCCOC1. The van der Waals surface area contributed by atoms with E-state index in [9.17, 15) is 0 Å². The number of benzene rings is 1. The van der Waals surface area contributed by atoms with Crippen LogP contribution in [0.15, 0.2) is 12.1 Å². The summed E-state index contributed by atoms with van der Waals surface area (Å²) < 4.78 is 16.8. The largest absolute Gasteiger partial charge is 0.486 e. The van der Waals surface area contributed by atoms with Crippen LogP contribution in [0.4, 0.5) is 0 Å². The minimum atomic E-state index is 0.179. The van der Waals surface area contributed by atoms with E-state index in [1.807, 2.05) is 19.2 Å². The number of fused-ring (bicyclic) bond motifs is 1. The van der Waals surface area contributed by atoms with Crippen LogP contribution in [0.1, 0.15) is 24.4 Å². The molecule has 3 rings (SSSR count). The van der Waals surface area contributed by atoms with Crippen molar-refractivity contribution < 1.29 is 14.2 Å². The molecule has 2 unspecified atom stereocenters. The van der Waals surface area contributed by atoms with E-state index in [1.165, 1.54) is 0 Å². The molecule has 2 heterocycles. The van der Waals surface area contributed by atoms with E-state index in [2.05, 4.69) is 5.32 Å². The summed E-state index contributed by atoms with van der Waals surface area (Å²) in [5.41, 5.74) is 1.06. The van der Waals surface area contributed by atoms with Crippen LogP contribution in [0.5, 0.6) is 11.5 Å². The van der Waals surface area contributed by atoms with E-state index >= 15 is 0 Å². The summed E-state index contributed by atoms with van der Waals surface area (Å²) in [5.74, 6) is 1.96. The quantitative estimate of drug-likeness (QED) is 0.931. The Kier molecular flexibility index (Phi) is 4.34. The highest BCUT2D eigenvalue weighted by Crippen LogP contribution is 2.40. The molecule has 0 radical (unpaired) electrons. The Morgan fingerprint density at radius 3 is 2.60 bits per heavy atom. The summed E-state index contributed by atoms with van der Waals surface area (Å²) in [6.45, 7) is 2.80. The lowest BCUT2D eigenvalue weighted by Crippen LogP contribution is -2.31. The summed E-state index contributed by atoms with van der Waals surface area (Å²) in [6, 6.07) is 4.05. The molecule has 0 aromatic heterocycles. The predicted octanol–water partition coefficient (Wildman–Crippen LogP) is 2.80. The van der Waals surface area contributed by atoms with Gasteiger partial charge in [0.15, 0.2) is 11.5 Å². The fourth-order valence-corrected chi connectivity index (χ4v) is 3.26. The molecule has 0 amide bonds. The van der Waals surface area contributed by atoms with Gasteiger partial charge in [0.25, 0.3) is 0 Å². The van der Waals surface area contributed by atoms with Crippen molar-refractivity contribution in [2.75, 3.05) is 33.5 Å². The number of hydrogen-bond acceptors (Lipinski definition) is 4. The van der Waals surface area contributed by atoms with Crippen LogP contribution in [-0.4, -0.2) is 33.5 Å². The Hall–Kier alpha value is -0.970. The summed E-state index contributed by atoms with van der Waals surface area (Å²) in [4.78, 5) is 0. The lowest BCUT2D eigenvalue weighted by Gasteiger charge is -2.31. The van der Waals surface area contributed by atoms with Crippen molar-refractivity contribution in [2.45, 2.75) is 18.9 Å². The van der Waals surface area contributed by atoms with Gasteiger partial charge in [-0.2, -0.15) is 0 Å². The number of hydrogen-bond donors (Lipinski definition) is 1. The summed E-state index contributed by atoms with van der Waals surface area (Å²) in [5, 5.41) is 4.10. The molecule has 1 saturated heterocycles. The smallest absolute Gasteiger partial charge is 0.162 e. The molecule has 2 aliphatic heterocycles. The van der Waals surface area contributed by atoms with Crippen LogP contribution in [0.25, 0.3) is 0 Å². The Labute approximate surface area is 124 Å². The first-order chi connectivity index (χ1) is 9.79. The Balaban J connectivity index is 1.90. The molecule has 1 N–H and O–H groups in total. The first-order valence-electron chi connectivity index (χ1n) is 7.13. The molecule has 0 spiro atoms. The average Bonchev–Trinajstić information content (AvgIpc) is 2.49. The molecule has 5 heteroatoms. The van der Waals surface area contributed by atoms with Crippen LogP contribution in [0, 0.1) is 5.92 Å². The molecule has 110 valence electrons. The standard InChI is InChI=1S/C15H20ClNO3/c1-17-15(10-3-2-4-18-9-10)11-7-13-14(8-12(11)16)20-6-5-19-13/h7-8,10,15,17H,2-6,9H2,1H3. The van der Waals surface area contributed by atoms with Gasteiger partial charge in [-0.3, -0.25) is 0 Å². The summed E-state index contributed by atoms with van der Waals surface area (Å²) in [6.07, 6.45) is 2.25. The highest BCUT2D eigenvalue weighted by atomic mass is 35.5. The normalized spacial score (nSPS) is 23.4. The lowest BCUT2D eigenvalue weighted by molar-refractivity contribution is 0.0401. The molecule has 0 bridgehead atoms. The second-order valence-corrected chi connectivity index (χ2v) is 5.67. The van der Waals surface area contributed by atoms with E-state index in [0.717, 1.165) is 48.1 Å². The molecule has 4 nitrogen and oxygen atoms in total. The molecule has 1 aromatic rings. The third-order valence-electron chi connectivity index (χ3n) is 3.97. The highest BCUT2D eigenvalue weighted by Gasteiger charge is 2.27. The van der Waals surface area contributed by atoms with Gasteiger partial charge in [-0.1, -0.05) is 11.6 Å². The zero-order valence-corrected chi connectivity index (χ0v) is 12.4. The molecular weight excluding hydrogens is 278 g/mol. The average molecular weight is 298 g/mol. The van der Waals surface area contributed by atoms with Gasteiger partial charge in [-0.05, 0) is 31.5 Å². The number of ether oxygens (including phenoxy) is 3. The van der Waals surface area contributed by atoms with Crippen molar-refractivity contribution in [3.8, 4) is 11.5 Å². The predicted molar refractivity (Wildman–Crippen MR) is 77.8 cm³/mol. The maximum atomic E-state index is 6.44. The Morgan fingerprint density at radius 1 is 1.20 bits per heavy atom. The topological polar surface area (TPSA) is 39.7 Å². The molecule has 0 saturated carbocycles. The molecular formula is C15H20ClNO3. The monoisotopic (exact) mass is 297 g/mol. The Morgan fingerprint density at radius 2 is 1.95 bits per heavy atom. The van der Waals surface area contributed by atoms with E-state index in [1.54, 1.807) is 0 Å². The number of rotatable bonds is 3. The van der Waals surface area contributed by atoms with Crippen molar-refractivity contribution in [2.24, 2.45) is 5.92 Å². The summed E-state index contributed by atoms with van der Waals surface area (Å²) in [7, 11) is 1.96. The minimum Gasteiger partial charge on any atom is -0.486 e. The fourth-order valence-electron chi connectivity index (χ4n) is 2.99. The maximum absolute atomic E-state index is 6.44.